The highest BCUT2D eigenvalue weighted by Gasteiger charge is 2.27. The Labute approximate surface area is 154 Å². The molecule has 1 aliphatic rings. The number of aliphatic carboxylic acids is 1. The van der Waals surface area contributed by atoms with Crippen LogP contribution in [0.4, 0.5) is 0 Å². The average molecular weight is 351 g/mol. The summed E-state index contributed by atoms with van der Waals surface area (Å²) in [5.74, 6) is 0.131. The van der Waals surface area contributed by atoms with E-state index in [-0.39, 0.29) is 6.04 Å². The van der Waals surface area contributed by atoms with Crippen LogP contribution in [0.2, 0.25) is 0 Å². The minimum atomic E-state index is -0.710. The van der Waals surface area contributed by atoms with Gasteiger partial charge in [-0.05, 0) is 42.6 Å². The van der Waals surface area contributed by atoms with Gasteiger partial charge in [0.15, 0.2) is 0 Å². The third-order valence-corrected chi connectivity index (χ3v) is 4.68. The van der Waals surface area contributed by atoms with Crippen molar-refractivity contribution in [3.05, 3.63) is 71.8 Å². The first-order chi connectivity index (χ1) is 12.7. The molecule has 1 N–H and O–H groups in total. The van der Waals surface area contributed by atoms with Crippen LogP contribution >= 0.6 is 0 Å². The molecule has 0 saturated carbocycles. The monoisotopic (exact) mass is 351 g/mol. The standard InChI is InChI=1S/C22H25NO3/c24-22(25)21-10-4-5-15-23(21)16-6-9-18-11-13-20(14-12-18)26-17-19-7-2-1-3-8-19/h1-3,6-9,11-14,21H,4-5,10,15-17H2,(H,24,25)/b9-6+. The SMILES string of the molecule is O=C(O)C1CCCCN1C/C=C/c1ccc(OCc2ccccc2)cc1. The Morgan fingerprint density at radius 3 is 2.62 bits per heavy atom. The van der Waals surface area contributed by atoms with Crippen molar-refractivity contribution in [1.29, 1.82) is 0 Å². The Balaban J connectivity index is 1.50. The summed E-state index contributed by atoms with van der Waals surface area (Å²) in [7, 11) is 0. The number of carboxylic acids is 1. The van der Waals surface area contributed by atoms with Gasteiger partial charge in [0, 0.05) is 6.54 Å². The fraction of sp³-hybridized carbons (Fsp3) is 0.318. The van der Waals surface area contributed by atoms with Crippen LogP contribution in [0.25, 0.3) is 6.08 Å². The molecule has 0 aliphatic carbocycles. The molecule has 1 fully saturated rings. The van der Waals surface area contributed by atoms with Crippen LogP contribution in [0.15, 0.2) is 60.7 Å². The van der Waals surface area contributed by atoms with Gasteiger partial charge >= 0.3 is 5.97 Å². The zero-order valence-corrected chi connectivity index (χ0v) is 14.9. The summed E-state index contributed by atoms with van der Waals surface area (Å²) in [4.78, 5) is 13.4. The second-order valence-corrected chi connectivity index (χ2v) is 6.59. The third-order valence-electron chi connectivity index (χ3n) is 4.68. The van der Waals surface area contributed by atoms with E-state index in [1.807, 2.05) is 71.6 Å². The van der Waals surface area contributed by atoms with Crippen LogP contribution in [0.5, 0.6) is 5.75 Å². The van der Waals surface area contributed by atoms with Crippen LogP contribution in [-0.2, 0) is 11.4 Å². The van der Waals surface area contributed by atoms with Gasteiger partial charge in [-0.15, -0.1) is 0 Å². The highest BCUT2D eigenvalue weighted by Crippen LogP contribution is 2.18. The van der Waals surface area contributed by atoms with Gasteiger partial charge in [-0.25, -0.2) is 0 Å². The number of ether oxygens (including phenoxy) is 1. The number of piperidine rings is 1. The molecule has 4 nitrogen and oxygen atoms in total. The van der Waals surface area contributed by atoms with E-state index in [9.17, 15) is 9.90 Å². The topological polar surface area (TPSA) is 49.8 Å². The maximum absolute atomic E-state index is 11.3. The van der Waals surface area contributed by atoms with E-state index in [4.69, 9.17) is 4.74 Å². The molecular formula is C22H25NO3. The van der Waals surface area contributed by atoms with Crippen molar-refractivity contribution in [2.75, 3.05) is 13.1 Å². The van der Waals surface area contributed by atoms with Crippen LogP contribution in [-0.4, -0.2) is 35.1 Å². The maximum atomic E-state index is 11.3. The number of likely N-dealkylation sites (tertiary alicyclic amines) is 1. The fourth-order valence-corrected chi connectivity index (χ4v) is 3.23. The number of hydrogen-bond donors (Lipinski definition) is 1. The van der Waals surface area contributed by atoms with Gasteiger partial charge in [0.2, 0.25) is 0 Å². The largest absolute Gasteiger partial charge is 0.489 e. The van der Waals surface area contributed by atoms with Gasteiger partial charge in [-0.3, -0.25) is 9.69 Å². The minimum Gasteiger partial charge on any atom is -0.489 e. The predicted octanol–water partition coefficient (Wildman–Crippen LogP) is 4.22. The number of rotatable bonds is 7. The van der Waals surface area contributed by atoms with E-state index in [2.05, 4.69) is 0 Å². The average Bonchev–Trinajstić information content (AvgIpc) is 2.68. The minimum absolute atomic E-state index is 0.345. The van der Waals surface area contributed by atoms with Gasteiger partial charge in [0.1, 0.15) is 18.4 Å². The summed E-state index contributed by atoms with van der Waals surface area (Å²) < 4.78 is 5.79. The fourth-order valence-electron chi connectivity index (χ4n) is 3.23. The van der Waals surface area contributed by atoms with Crippen molar-refractivity contribution in [2.45, 2.75) is 31.9 Å². The Bertz CT molecular complexity index is 725. The van der Waals surface area contributed by atoms with Gasteiger partial charge in [-0.2, -0.15) is 0 Å². The first-order valence-electron chi connectivity index (χ1n) is 9.12. The molecule has 0 spiro atoms. The van der Waals surface area contributed by atoms with Gasteiger partial charge < -0.3 is 9.84 Å². The lowest BCUT2D eigenvalue weighted by Crippen LogP contribution is -2.44. The summed E-state index contributed by atoms with van der Waals surface area (Å²) in [6, 6.07) is 17.7. The molecule has 1 saturated heterocycles. The molecule has 1 aliphatic heterocycles. The predicted molar refractivity (Wildman–Crippen MR) is 103 cm³/mol. The van der Waals surface area contributed by atoms with Crippen LogP contribution < -0.4 is 4.74 Å². The van der Waals surface area contributed by atoms with Crippen molar-refractivity contribution in [1.82, 2.24) is 4.90 Å². The van der Waals surface area contributed by atoms with E-state index in [1.54, 1.807) is 0 Å². The summed E-state index contributed by atoms with van der Waals surface area (Å²) in [6.45, 7) is 2.08. The Hall–Kier alpha value is -2.59. The Kier molecular flexibility index (Phi) is 6.45. The highest BCUT2D eigenvalue weighted by molar-refractivity contribution is 5.73. The molecule has 2 aromatic rings. The second kappa shape index (κ2) is 9.20. The van der Waals surface area contributed by atoms with Gasteiger partial charge in [0.25, 0.3) is 0 Å². The van der Waals surface area contributed by atoms with E-state index in [0.29, 0.717) is 13.2 Å². The van der Waals surface area contributed by atoms with Gasteiger partial charge in [-0.1, -0.05) is 61.0 Å². The first kappa shape index (κ1) is 18.2. The number of carboxylic acid groups (broad SMARTS) is 1. The van der Waals surface area contributed by atoms with E-state index in [0.717, 1.165) is 42.7 Å². The molecule has 0 bridgehead atoms. The molecule has 1 atom stereocenters. The summed E-state index contributed by atoms with van der Waals surface area (Å²) in [6.07, 6.45) is 6.90. The summed E-state index contributed by atoms with van der Waals surface area (Å²) in [5.41, 5.74) is 2.23. The molecule has 26 heavy (non-hydrogen) atoms. The van der Waals surface area contributed by atoms with E-state index in [1.165, 1.54) is 0 Å². The number of benzene rings is 2. The molecule has 3 rings (SSSR count). The lowest BCUT2D eigenvalue weighted by molar-refractivity contribution is -0.144. The lowest BCUT2D eigenvalue weighted by Gasteiger charge is -2.31. The van der Waals surface area contributed by atoms with Crippen molar-refractivity contribution in [3.63, 3.8) is 0 Å². The maximum Gasteiger partial charge on any atom is 0.320 e. The molecule has 1 unspecified atom stereocenters. The Morgan fingerprint density at radius 1 is 1.12 bits per heavy atom. The third kappa shape index (κ3) is 5.20. The lowest BCUT2D eigenvalue weighted by atomic mass is 10.0. The molecule has 4 heteroatoms. The highest BCUT2D eigenvalue weighted by atomic mass is 16.5. The van der Waals surface area contributed by atoms with Crippen molar-refractivity contribution >= 4 is 12.0 Å². The van der Waals surface area contributed by atoms with Crippen molar-refractivity contribution < 1.29 is 14.6 Å². The number of hydrogen-bond acceptors (Lipinski definition) is 3. The molecule has 136 valence electrons. The molecule has 1 heterocycles. The second-order valence-electron chi connectivity index (χ2n) is 6.59. The van der Waals surface area contributed by atoms with E-state index < -0.39 is 5.97 Å². The molecule has 2 aromatic carbocycles. The van der Waals surface area contributed by atoms with Gasteiger partial charge in [0.05, 0.1) is 0 Å². The molecule has 0 amide bonds. The molecule has 0 radical (unpaired) electrons. The first-order valence-corrected chi connectivity index (χ1v) is 9.12. The number of nitrogens with zero attached hydrogens (tertiary/aromatic N) is 1. The Morgan fingerprint density at radius 2 is 1.88 bits per heavy atom. The summed E-state index contributed by atoms with van der Waals surface area (Å²) in [5, 5.41) is 9.31. The summed E-state index contributed by atoms with van der Waals surface area (Å²) >= 11 is 0. The smallest absolute Gasteiger partial charge is 0.320 e. The number of carbonyl (C=O) groups is 1. The molecular weight excluding hydrogens is 326 g/mol. The zero-order valence-electron chi connectivity index (χ0n) is 14.9. The van der Waals surface area contributed by atoms with Crippen molar-refractivity contribution in [2.24, 2.45) is 0 Å². The van der Waals surface area contributed by atoms with Crippen LogP contribution in [0.1, 0.15) is 30.4 Å². The quantitative estimate of drug-likeness (QED) is 0.811. The van der Waals surface area contributed by atoms with Crippen molar-refractivity contribution in [3.8, 4) is 5.75 Å². The zero-order chi connectivity index (χ0) is 18.2. The normalized spacial score (nSPS) is 18.1. The van der Waals surface area contributed by atoms with Crippen LogP contribution in [0, 0.1) is 0 Å². The molecule has 0 aromatic heterocycles. The van der Waals surface area contributed by atoms with Crippen LogP contribution in [0.3, 0.4) is 0 Å². The van der Waals surface area contributed by atoms with E-state index >= 15 is 0 Å².